The van der Waals surface area contributed by atoms with E-state index < -0.39 is 0 Å². The number of hydrogen-bond acceptors (Lipinski definition) is 5. The zero-order valence-corrected chi connectivity index (χ0v) is 12.2. The molecule has 20 heavy (non-hydrogen) atoms. The van der Waals surface area contributed by atoms with E-state index in [0.717, 1.165) is 38.3 Å². The van der Waals surface area contributed by atoms with Crippen LogP contribution in [0.3, 0.4) is 0 Å². The number of methoxy groups -OCH3 is 1. The Morgan fingerprint density at radius 1 is 1.35 bits per heavy atom. The highest BCUT2D eigenvalue weighted by atomic mass is 16.5. The van der Waals surface area contributed by atoms with Crippen molar-refractivity contribution in [1.29, 1.82) is 0 Å². The van der Waals surface area contributed by atoms with E-state index in [1.807, 2.05) is 6.20 Å². The minimum absolute atomic E-state index is 0.00806. The molecule has 6 nitrogen and oxygen atoms in total. The molecule has 1 aromatic rings. The summed E-state index contributed by atoms with van der Waals surface area (Å²) in [6, 6.07) is 1.71. The summed E-state index contributed by atoms with van der Waals surface area (Å²) >= 11 is 0. The Hall–Kier alpha value is -1.40. The monoisotopic (exact) mass is 280 g/mol. The van der Waals surface area contributed by atoms with Gasteiger partial charge >= 0.3 is 0 Å². The second-order valence-electron chi connectivity index (χ2n) is 5.07. The third kappa shape index (κ3) is 4.31. The van der Waals surface area contributed by atoms with Crippen molar-refractivity contribution in [2.24, 2.45) is 0 Å². The van der Waals surface area contributed by atoms with E-state index in [1.54, 1.807) is 13.2 Å². The zero-order valence-electron chi connectivity index (χ0n) is 12.2. The number of anilines is 1. The summed E-state index contributed by atoms with van der Waals surface area (Å²) in [6.45, 7) is 5.14. The molecule has 0 amide bonds. The maximum atomic E-state index is 12.0. The molecule has 1 N–H and O–H groups in total. The normalized spacial score (nSPS) is 14.9. The molecule has 0 spiro atoms. The van der Waals surface area contributed by atoms with E-state index in [4.69, 9.17) is 4.74 Å². The van der Waals surface area contributed by atoms with Crippen LogP contribution in [0.15, 0.2) is 17.1 Å². The summed E-state index contributed by atoms with van der Waals surface area (Å²) in [5, 5.41) is 7.52. The number of nitrogens with one attached hydrogen (secondary N) is 1. The van der Waals surface area contributed by atoms with Crippen LogP contribution in [0, 0.1) is 0 Å². The largest absolute Gasteiger partial charge is 0.383 e. The van der Waals surface area contributed by atoms with Crippen LogP contribution in [0.5, 0.6) is 0 Å². The summed E-state index contributed by atoms with van der Waals surface area (Å²) in [5.74, 6) is 0. The van der Waals surface area contributed by atoms with Gasteiger partial charge in [0.15, 0.2) is 0 Å². The Balaban J connectivity index is 1.79. The van der Waals surface area contributed by atoms with Crippen LogP contribution in [-0.4, -0.2) is 49.7 Å². The molecule has 112 valence electrons. The van der Waals surface area contributed by atoms with Crippen molar-refractivity contribution in [3.8, 4) is 0 Å². The van der Waals surface area contributed by atoms with Crippen LogP contribution in [0.25, 0.3) is 0 Å². The molecule has 0 bridgehead atoms. The van der Waals surface area contributed by atoms with Crippen LogP contribution < -0.4 is 15.8 Å². The molecular weight excluding hydrogens is 256 g/mol. The fraction of sp³-hybridized carbons (Fsp3) is 0.714. The summed E-state index contributed by atoms with van der Waals surface area (Å²) in [7, 11) is 1.69. The maximum Gasteiger partial charge on any atom is 0.268 e. The van der Waals surface area contributed by atoms with Gasteiger partial charge in [0.2, 0.25) is 0 Å². The molecule has 2 rings (SSSR count). The standard InChI is InChI=1S/C14H24N4O2/c1-20-10-6-15-5-4-9-18-14(19)11-13(12-16-18)17-7-2-3-8-17/h11-12,15H,2-10H2,1H3. The van der Waals surface area contributed by atoms with Crippen molar-refractivity contribution in [2.75, 3.05) is 44.8 Å². The topological polar surface area (TPSA) is 59.4 Å². The van der Waals surface area contributed by atoms with Gasteiger partial charge in [-0.05, 0) is 25.8 Å². The Labute approximate surface area is 119 Å². The van der Waals surface area contributed by atoms with Gasteiger partial charge in [0.05, 0.1) is 18.5 Å². The van der Waals surface area contributed by atoms with Crippen molar-refractivity contribution in [2.45, 2.75) is 25.8 Å². The number of rotatable bonds is 8. The molecule has 0 aromatic carbocycles. The second kappa shape index (κ2) is 8.01. The third-order valence-electron chi connectivity index (χ3n) is 3.53. The van der Waals surface area contributed by atoms with E-state index in [0.29, 0.717) is 13.2 Å². The van der Waals surface area contributed by atoms with Crippen molar-refractivity contribution in [3.05, 3.63) is 22.6 Å². The van der Waals surface area contributed by atoms with Crippen LogP contribution in [0.1, 0.15) is 19.3 Å². The summed E-state index contributed by atoms with van der Waals surface area (Å²) < 4.78 is 6.49. The van der Waals surface area contributed by atoms with Crippen molar-refractivity contribution in [1.82, 2.24) is 15.1 Å². The van der Waals surface area contributed by atoms with Gasteiger partial charge in [-0.1, -0.05) is 0 Å². The Kier molecular flexibility index (Phi) is 6.01. The predicted octanol–water partition coefficient (Wildman–Crippen LogP) is 0.470. The molecule has 1 aromatic heterocycles. The van der Waals surface area contributed by atoms with Gasteiger partial charge in [-0.25, -0.2) is 4.68 Å². The summed E-state index contributed by atoms with van der Waals surface area (Å²) in [6.07, 6.45) is 5.11. The first-order chi connectivity index (χ1) is 9.81. The molecule has 6 heteroatoms. The molecule has 0 radical (unpaired) electrons. The van der Waals surface area contributed by atoms with E-state index in [-0.39, 0.29) is 5.56 Å². The van der Waals surface area contributed by atoms with Crippen LogP contribution in [-0.2, 0) is 11.3 Å². The van der Waals surface area contributed by atoms with Crippen molar-refractivity contribution in [3.63, 3.8) is 0 Å². The molecule has 0 saturated carbocycles. The van der Waals surface area contributed by atoms with Crippen molar-refractivity contribution < 1.29 is 4.74 Å². The third-order valence-corrected chi connectivity index (χ3v) is 3.53. The molecule has 1 aliphatic heterocycles. The molecular formula is C14H24N4O2. The fourth-order valence-electron chi connectivity index (χ4n) is 2.39. The highest BCUT2D eigenvalue weighted by Gasteiger charge is 2.13. The number of aromatic nitrogens is 2. The van der Waals surface area contributed by atoms with Crippen LogP contribution in [0.4, 0.5) is 5.69 Å². The van der Waals surface area contributed by atoms with Gasteiger partial charge in [-0.15, -0.1) is 0 Å². The SMILES string of the molecule is COCCNCCCn1ncc(N2CCCC2)cc1=O. The second-order valence-corrected chi connectivity index (χ2v) is 5.07. The first-order valence-corrected chi connectivity index (χ1v) is 7.33. The lowest BCUT2D eigenvalue weighted by molar-refractivity contribution is 0.199. The first kappa shape index (κ1) is 15.0. The number of hydrogen-bond donors (Lipinski definition) is 1. The average molecular weight is 280 g/mol. The first-order valence-electron chi connectivity index (χ1n) is 7.33. The minimum atomic E-state index is -0.00806. The van der Waals surface area contributed by atoms with Crippen molar-refractivity contribution >= 4 is 5.69 Å². The van der Waals surface area contributed by atoms with E-state index >= 15 is 0 Å². The lowest BCUT2D eigenvalue weighted by Gasteiger charge is -2.17. The molecule has 1 fully saturated rings. The van der Waals surface area contributed by atoms with Gasteiger partial charge in [0, 0.05) is 39.4 Å². The van der Waals surface area contributed by atoms with Gasteiger partial charge in [0.1, 0.15) is 0 Å². The smallest absolute Gasteiger partial charge is 0.268 e. The van der Waals surface area contributed by atoms with Gasteiger partial charge in [-0.2, -0.15) is 5.10 Å². The lowest BCUT2D eigenvalue weighted by Crippen LogP contribution is -2.28. The zero-order chi connectivity index (χ0) is 14.2. The molecule has 1 saturated heterocycles. The molecule has 1 aliphatic rings. The number of aryl methyl sites for hydroxylation is 1. The Morgan fingerprint density at radius 3 is 2.85 bits per heavy atom. The van der Waals surface area contributed by atoms with Crippen LogP contribution >= 0.6 is 0 Å². The molecule has 0 aliphatic carbocycles. The number of nitrogens with zero attached hydrogens (tertiary/aromatic N) is 3. The van der Waals surface area contributed by atoms with Gasteiger partial charge in [0.25, 0.3) is 5.56 Å². The fourth-order valence-corrected chi connectivity index (χ4v) is 2.39. The predicted molar refractivity (Wildman–Crippen MR) is 79.3 cm³/mol. The number of ether oxygens (including phenoxy) is 1. The van der Waals surface area contributed by atoms with E-state index in [2.05, 4.69) is 15.3 Å². The Morgan fingerprint density at radius 2 is 2.15 bits per heavy atom. The average Bonchev–Trinajstić information content (AvgIpc) is 2.98. The molecule has 0 atom stereocenters. The maximum absolute atomic E-state index is 12.0. The van der Waals surface area contributed by atoms with E-state index in [9.17, 15) is 4.79 Å². The lowest BCUT2D eigenvalue weighted by atomic mass is 10.4. The summed E-state index contributed by atoms with van der Waals surface area (Å²) in [4.78, 5) is 14.2. The Bertz CT molecular complexity index is 455. The highest BCUT2D eigenvalue weighted by molar-refractivity contribution is 5.43. The molecule has 2 heterocycles. The minimum Gasteiger partial charge on any atom is -0.383 e. The summed E-state index contributed by atoms with van der Waals surface area (Å²) in [5.41, 5.74) is 0.952. The van der Waals surface area contributed by atoms with Gasteiger partial charge in [-0.3, -0.25) is 4.79 Å². The van der Waals surface area contributed by atoms with Crippen LogP contribution in [0.2, 0.25) is 0 Å². The highest BCUT2D eigenvalue weighted by Crippen LogP contribution is 2.16. The van der Waals surface area contributed by atoms with E-state index in [1.165, 1.54) is 17.5 Å². The quantitative estimate of drug-likeness (QED) is 0.702. The molecule has 0 unspecified atom stereocenters. The van der Waals surface area contributed by atoms with Gasteiger partial charge < -0.3 is 15.0 Å².